The fourth-order valence-electron chi connectivity index (χ4n) is 2.49. The average Bonchev–Trinajstić information content (AvgIpc) is 2.54. The highest BCUT2D eigenvalue weighted by atomic mass is 79.9. The molecule has 0 saturated heterocycles. The van der Waals surface area contributed by atoms with Gasteiger partial charge in [-0.2, -0.15) is 0 Å². The van der Waals surface area contributed by atoms with Gasteiger partial charge in [0.1, 0.15) is 12.4 Å². The molecule has 0 aliphatic carbocycles. The number of carbonyl (C=O) groups is 1. The molecular weight excluding hydrogens is 423 g/mol. The fourth-order valence-corrected chi connectivity index (χ4v) is 3.70. The zero-order chi connectivity index (χ0) is 19.5. The molecule has 0 heterocycles. The summed E-state index contributed by atoms with van der Waals surface area (Å²) in [7, 11) is -3.71. The second kappa shape index (κ2) is 8.18. The number of anilines is 2. The van der Waals surface area contributed by atoms with Crippen molar-refractivity contribution in [2.45, 2.75) is 19.8 Å². The van der Waals surface area contributed by atoms with Crippen LogP contribution in [0.4, 0.5) is 15.8 Å². The predicted molar refractivity (Wildman–Crippen MR) is 105 cm³/mol. The maximum atomic E-state index is 13.9. The van der Waals surface area contributed by atoms with Crippen molar-refractivity contribution in [3.05, 3.63) is 58.3 Å². The molecule has 0 aliphatic rings. The zero-order valence-electron chi connectivity index (χ0n) is 14.7. The van der Waals surface area contributed by atoms with Crippen molar-refractivity contribution in [3.8, 4) is 0 Å². The van der Waals surface area contributed by atoms with Gasteiger partial charge in [-0.05, 0) is 35.7 Å². The molecule has 5 nitrogen and oxygen atoms in total. The maximum Gasteiger partial charge on any atom is 0.245 e. The highest BCUT2D eigenvalue weighted by molar-refractivity contribution is 9.10. The Morgan fingerprint density at radius 1 is 1.23 bits per heavy atom. The highest BCUT2D eigenvalue weighted by Gasteiger charge is 2.24. The number of hydrogen-bond donors (Lipinski definition) is 1. The molecule has 0 fully saturated rings. The average molecular weight is 443 g/mol. The first-order valence-electron chi connectivity index (χ1n) is 7.91. The predicted octanol–water partition coefficient (Wildman–Crippen LogP) is 4.12. The van der Waals surface area contributed by atoms with Gasteiger partial charge < -0.3 is 5.32 Å². The largest absolute Gasteiger partial charge is 0.322 e. The molecule has 0 bridgehead atoms. The van der Waals surface area contributed by atoms with Crippen molar-refractivity contribution in [2.75, 3.05) is 22.4 Å². The minimum atomic E-state index is -3.71. The fraction of sp³-hybridized carbons (Fsp3) is 0.278. The van der Waals surface area contributed by atoms with Gasteiger partial charge in [-0.15, -0.1) is 0 Å². The molecule has 1 amide bonds. The minimum Gasteiger partial charge on any atom is -0.322 e. The first-order chi connectivity index (χ1) is 12.1. The number of halogens is 2. The van der Waals surface area contributed by atoms with Crippen LogP contribution < -0.4 is 9.62 Å². The molecule has 1 N–H and O–H groups in total. The Labute approximate surface area is 161 Å². The molecule has 0 radical (unpaired) electrons. The summed E-state index contributed by atoms with van der Waals surface area (Å²) in [5.41, 5.74) is 1.24. The first-order valence-corrected chi connectivity index (χ1v) is 10.5. The molecule has 0 unspecified atom stereocenters. The Hall–Kier alpha value is -1.93. The van der Waals surface area contributed by atoms with E-state index in [0.29, 0.717) is 10.2 Å². The van der Waals surface area contributed by atoms with Gasteiger partial charge in [0.2, 0.25) is 15.9 Å². The topological polar surface area (TPSA) is 66.5 Å². The highest BCUT2D eigenvalue weighted by Crippen LogP contribution is 2.29. The third-order valence-electron chi connectivity index (χ3n) is 3.72. The number of benzene rings is 2. The number of hydrogen-bond acceptors (Lipinski definition) is 3. The zero-order valence-corrected chi connectivity index (χ0v) is 17.1. The van der Waals surface area contributed by atoms with Crippen LogP contribution in [-0.4, -0.2) is 27.1 Å². The second-order valence-electron chi connectivity index (χ2n) is 6.16. The molecule has 8 heteroatoms. The first kappa shape index (κ1) is 20.4. The van der Waals surface area contributed by atoms with E-state index in [0.717, 1.165) is 16.1 Å². The Balaban J connectivity index is 2.31. The van der Waals surface area contributed by atoms with Crippen LogP contribution in [0.2, 0.25) is 0 Å². The van der Waals surface area contributed by atoms with Crippen molar-refractivity contribution in [1.29, 1.82) is 0 Å². The summed E-state index contributed by atoms with van der Waals surface area (Å²) in [5, 5.41) is 2.42. The van der Waals surface area contributed by atoms with E-state index in [4.69, 9.17) is 0 Å². The van der Waals surface area contributed by atoms with Gasteiger partial charge in [-0.1, -0.05) is 48.0 Å². The van der Waals surface area contributed by atoms with Crippen LogP contribution in [0.15, 0.2) is 46.9 Å². The summed E-state index contributed by atoms with van der Waals surface area (Å²) < 4.78 is 40.0. The summed E-state index contributed by atoms with van der Waals surface area (Å²) in [6.07, 6.45) is 1.04. The summed E-state index contributed by atoms with van der Waals surface area (Å²) >= 11 is 3.14. The lowest BCUT2D eigenvalue weighted by Crippen LogP contribution is -2.38. The number of nitrogens with zero attached hydrogens (tertiary/aromatic N) is 1. The monoisotopic (exact) mass is 442 g/mol. The van der Waals surface area contributed by atoms with Crippen molar-refractivity contribution in [1.82, 2.24) is 0 Å². The summed E-state index contributed by atoms with van der Waals surface area (Å²) in [6.45, 7) is 3.44. The van der Waals surface area contributed by atoms with Crippen molar-refractivity contribution in [3.63, 3.8) is 0 Å². The lowest BCUT2D eigenvalue weighted by atomic mass is 10.0. The van der Waals surface area contributed by atoms with E-state index in [9.17, 15) is 17.6 Å². The van der Waals surface area contributed by atoms with Gasteiger partial charge in [-0.25, -0.2) is 12.8 Å². The molecule has 0 spiro atoms. The van der Waals surface area contributed by atoms with E-state index in [1.165, 1.54) is 12.1 Å². The quantitative estimate of drug-likeness (QED) is 0.731. The van der Waals surface area contributed by atoms with Crippen molar-refractivity contribution in [2.24, 2.45) is 0 Å². The van der Waals surface area contributed by atoms with Gasteiger partial charge in [-0.3, -0.25) is 9.10 Å². The Kier molecular flexibility index (Phi) is 6.41. The van der Waals surface area contributed by atoms with Crippen LogP contribution in [0.25, 0.3) is 0 Å². The molecular formula is C18H20BrFN2O3S. The number of nitrogens with one attached hydrogen (secondary N) is 1. The lowest BCUT2D eigenvalue weighted by Gasteiger charge is -2.25. The minimum absolute atomic E-state index is 0.0104. The summed E-state index contributed by atoms with van der Waals surface area (Å²) in [5.74, 6) is -1.17. The number of para-hydroxylation sites is 1. The van der Waals surface area contributed by atoms with Gasteiger partial charge >= 0.3 is 0 Å². The van der Waals surface area contributed by atoms with Crippen molar-refractivity contribution >= 4 is 43.2 Å². The van der Waals surface area contributed by atoms with E-state index in [2.05, 4.69) is 21.2 Å². The molecule has 140 valence electrons. The standard InChI is InChI=1S/C18H20BrFN2O3S/c1-12(2)14-6-4-5-7-17(14)22(26(3,24)25)11-18(23)21-16-9-8-13(19)10-15(16)20/h4-10,12H,11H2,1-3H3,(H,21,23). The number of carbonyl (C=O) groups excluding carboxylic acids is 1. The Morgan fingerprint density at radius 2 is 1.88 bits per heavy atom. The van der Waals surface area contributed by atoms with E-state index in [1.807, 2.05) is 26.0 Å². The Bertz CT molecular complexity index is 916. The third kappa shape index (κ3) is 5.04. The number of amides is 1. The van der Waals surface area contributed by atoms with E-state index in [1.54, 1.807) is 18.2 Å². The van der Waals surface area contributed by atoms with E-state index >= 15 is 0 Å². The number of sulfonamides is 1. The van der Waals surface area contributed by atoms with Crippen LogP contribution in [-0.2, 0) is 14.8 Å². The van der Waals surface area contributed by atoms with Crippen molar-refractivity contribution < 1.29 is 17.6 Å². The van der Waals surface area contributed by atoms with E-state index in [-0.39, 0.29) is 11.6 Å². The molecule has 0 atom stereocenters. The van der Waals surface area contributed by atoms with Gasteiger partial charge in [0.25, 0.3) is 0 Å². The smallest absolute Gasteiger partial charge is 0.245 e. The van der Waals surface area contributed by atoms with Crippen LogP contribution in [0.3, 0.4) is 0 Å². The molecule has 0 aromatic heterocycles. The molecule has 0 saturated carbocycles. The Morgan fingerprint density at radius 3 is 2.46 bits per heavy atom. The van der Waals surface area contributed by atoms with Crippen LogP contribution in [0, 0.1) is 5.82 Å². The summed E-state index contributed by atoms with van der Waals surface area (Å²) in [6, 6.07) is 11.2. The molecule has 26 heavy (non-hydrogen) atoms. The van der Waals surface area contributed by atoms with Gasteiger partial charge in [0.05, 0.1) is 17.6 Å². The van der Waals surface area contributed by atoms with Crippen LogP contribution >= 0.6 is 15.9 Å². The maximum absolute atomic E-state index is 13.9. The molecule has 2 aromatic carbocycles. The van der Waals surface area contributed by atoms with Crippen LogP contribution in [0.5, 0.6) is 0 Å². The SMILES string of the molecule is CC(C)c1ccccc1N(CC(=O)Nc1ccc(Br)cc1F)S(C)(=O)=O. The van der Waals surface area contributed by atoms with Gasteiger partial charge in [0, 0.05) is 4.47 Å². The second-order valence-corrected chi connectivity index (χ2v) is 8.98. The molecule has 2 rings (SSSR count). The third-order valence-corrected chi connectivity index (χ3v) is 5.34. The van der Waals surface area contributed by atoms with Gasteiger partial charge in [0.15, 0.2) is 0 Å². The molecule has 0 aliphatic heterocycles. The lowest BCUT2D eigenvalue weighted by molar-refractivity contribution is -0.114. The van der Waals surface area contributed by atoms with E-state index < -0.39 is 28.3 Å². The normalized spacial score (nSPS) is 11.5. The number of rotatable bonds is 6. The summed E-state index contributed by atoms with van der Waals surface area (Å²) in [4.78, 5) is 12.4. The van der Waals surface area contributed by atoms with Crippen LogP contribution in [0.1, 0.15) is 25.3 Å². The molecule has 2 aromatic rings.